The van der Waals surface area contributed by atoms with Crippen molar-refractivity contribution in [2.24, 2.45) is 0 Å². The van der Waals surface area contributed by atoms with Crippen molar-refractivity contribution < 1.29 is 18.0 Å². The maximum Gasteiger partial charge on any atom is 0.433 e. The molecule has 1 amide bonds. The Kier molecular flexibility index (Phi) is 4.78. The molecule has 1 rings (SSSR count). The third-order valence-electron chi connectivity index (χ3n) is 1.77. The first-order valence-corrected chi connectivity index (χ1v) is 6.40. The van der Waals surface area contributed by atoms with Crippen molar-refractivity contribution in [3.8, 4) is 0 Å². The molecule has 0 aliphatic heterocycles. The standard InChI is InChI=1S/C11H14F3N3OS/c1-10(2,3)17-8(18)6-19-9-15-5-4-7(16-9)11(12,13)14/h4-5H,6H2,1-3H3,(H,17,18). The number of amides is 1. The average molecular weight is 293 g/mol. The monoisotopic (exact) mass is 293 g/mol. The van der Waals surface area contributed by atoms with Crippen LogP contribution in [0.4, 0.5) is 13.2 Å². The van der Waals surface area contributed by atoms with Crippen LogP contribution in [0.3, 0.4) is 0 Å². The van der Waals surface area contributed by atoms with Crippen molar-refractivity contribution in [3.05, 3.63) is 18.0 Å². The molecular weight excluding hydrogens is 279 g/mol. The Morgan fingerprint density at radius 1 is 1.37 bits per heavy atom. The van der Waals surface area contributed by atoms with Gasteiger partial charge in [0.15, 0.2) is 5.16 Å². The summed E-state index contributed by atoms with van der Waals surface area (Å²) in [5.41, 5.74) is -1.40. The molecule has 0 saturated carbocycles. The third kappa shape index (κ3) is 5.91. The highest BCUT2D eigenvalue weighted by Crippen LogP contribution is 2.28. The lowest BCUT2D eigenvalue weighted by Crippen LogP contribution is -2.41. The summed E-state index contributed by atoms with van der Waals surface area (Å²) in [7, 11) is 0. The van der Waals surface area contributed by atoms with Crippen LogP contribution in [0.15, 0.2) is 17.4 Å². The van der Waals surface area contributed by atoms with Crippen LogP contribution in [0.1, 0.15) is 26.5 Å². The van der Waals surface area contributed by atoms with Crippen molar-refractivity contribution in [3.63, 3.8) is 0 Å². The predicted molar refractivity (Wildman–Crippen MR) is 65.7 cm³/mol. The Morgan fingerprint density at radius 2 is 2.00 bits per heavy atom. The smallest absolute Gasteiger partial charge is 0.351 e. The van der Waals surface area contributed by atoms with Crippen molar-refractivity contribution in [1.82, 2.24) is 15.3 Å². The van der Waals surface area contributed by atoms with Gasteiger partial charge in [0.1, 0.15) is 5.69 Å². The Balaban J connectivity index is 2.62. The van der Waals surface area contributed by atoms with Gasteiger partial charge in [-0.2, -0.15) is 13.2 Å². The van der Waals surface area contributed by atoms with E-state index in [0.29, 0.717) is 0 Å². The highest BCUT2D eigenvalue weighted by atomic mass is 32.2. The number of thioether (sulfide) groups is 1. The first-order valence-electron chi connectivity index (χ1n) is 5.42. The van der Waals surface area contributed by atoms with Gasteiger partial charge < -0.3 is 5.32 Å². The van der Waals surface area contributed by atoms with E-state index in [1.54, 1.807) is 0 Å². The second-order valence-electron chi connectivity index (χ2n) is 4.81. The predicted octanol–water partition coefficient (Wildman–Crippen LogP) is 2.50. The summed E-state index contributed by atoms with van der Waals surface area (Å²) in [6.45, 7) is 5.45. The summed E-state index contributed by atoms with van der Waals surface area (Å²) >= 11 is 0.865. The summed E-state index contributed by atoms with van der Waals surface area (Å²) in [5, 5.41) is 2.63. The van der Waals surface area contributed by atoms with E-state index in [4.69, 9.17) is 0 Å². The number of nitrogens with one attached hydrogen (secondary N) is 1. The Labute approximate surface area is 113 Å². The minimum Gasteiger partial charge on any atom is -0.351 e. The third-order valence-corrected chi connectivity index (χ3v) is 2.63. The molecule has 0 fully saturated rings. The second kappa shape index (κ2) is 5.77. The number of alkyl halides is 3. The number of aromatic nitrogens is 2. The largest absolute Gasteiger partial charge is 0.433 e. The Morgan fingerprint density at radius 3 is 2.53 bits per heavy atom. The van der Waals surface area contributed by atoms with Gasteiger partial charge in [-0.15, -0.1) is 0 Å². The Bertz CT molecular complexity index is 457. The van der Waals surface area contributed by atoms with Crippen LogP contribution < -0.4 is 5.32 Å². The molecule has 0 aliphatic rings. The molecular formula is C11H14F3N3OS. The molecule has 1 aromatic rings. The van der Waals surface area contributed by atoms with E-state index in [1.807, 2.05) is 20.8 Å². The summed E-state index contributed by atoms with van der Waals surface area (Å²) in [6, 6.07) is 0.791. The van der Waals surface area contributed by atoms with E-state index in [9.17, 15) is 18.0 Å². The second-order valence-corrected chi connectivity index (χ2v) is 5.75. The van der Waals surface area contributed by atoms with Gasteiger partial charge in [-0.05, 0) is 26.8 Å². The lowest BCUT2D eigenvalue weighted by Gasteiger charge is -2.20. The summed E-state index contributed by atoms with van der Waals surface area (Å²) in [6.07, 6.45) is -3.48. The van der Waals surface area contributed by atoms with Gasteiger partial charge in [-0.25, -0.2) is 9.97 Å². The van der Waals surface area contributed by atoms with E-state index in [-0.39, 0.29) is 22.4 Å². The molecule has 0 radical (unpaired) electrons. The van der Waals surface area contributed by atoms with Gasteiger partial charge in [-0.1, -0.05) is 11.8 Å². The van der Waals surface area contributed by atoms with E-state index in [2.05, 4.69) is 15.3 Å². The zero-order valence-corrected chi connectivity index (χ0v) is 11.5. The molecule has 19 heavy (non-hydrogen) atoms. The molecule has 1 N–H and O–H groups in total. The van der Waals surface area contributed by atoms with Gasteiger partial charge in [0, 0.05) is 11.7 Å². The van der Waals surface area contributed by atoms with Crippen molar-refractivity contribution >= 4 is 17.7 Å². The minimum atomic E-state index is -4.51. The first-order chi connectivity index (χ1) is 8.58. The fraction of sp³-hybridized carbons (Fsp3) is 0.545. The number of carbonyl (C=O) groups excluding carboxylic acids is 1. The molecule has 0 aliphatic carbocycles. The number of hydrogen-bond donors (Lipinski definition) is 1. The molecule has 4 nitrogen and oxygen atoms in total. The van der Waals surface area contributed by atoms with Crippen LogP contribution in [0.2, 0.25) is 0 Å². The molecule has 0 bridgehead atoms. The van der Waals surface area contributed by atoms with Gasteiger partial charge >= 0.3 is 6.18 Å². The molecule has 8 heteroatoms. The molecule has 0 saturated heterocycles. The number of carbonyl (C=O) groups is 1. The lowest BCUT2D eigenvalue weighted by molar-refractivity contribution is -0.141. The quantitative estimate of drug-likeness (QED) is 0.687. The van der Waals surface area contributed by atoms with E-state index >= 15 is 0 Å². The minimum absolute atomic E-state index is 0.0292. The van der Waals surface area contributed by atoms with Crippen LogP contribution in [0, 0.1) is 0 Å². The molecule has 0 aromatic carbocycles. The van der Waals surface area contributed by atoms with E-state index < -0.39 is 11.9 Å². The number of halogens is 3. The molecule has 1 heterocycles. The van der Waals surface area contributed by atoms with E-state index in [0.717, 1.165) is 24.0 Å². The molecule has 0 unspecified atom stereocenters. The normalized spacial score (nSPS) is 12.3. The summed E-state index contributed by atoms with van der Waals surface area (Å²) < 4.78 is 37.2. The van der Waals surface area contributed by atoms with Gasteiger partial charge in [0.05, 0.1) is 5.75 Å². The van der Waals surface area contributed by atoms with Gasteiger partial charge in [-0.3, -0.25) is 4.79 Å². The average Bonchev–Trinajstić information content (AvgIpc) is 2.23. The molecule has 1 aromatic heterocycles. The molecule has 0 spiro atoms. The summed E-state index contributed by atoms with van der Waals surface area (Å²) in [4.78, 5) is 18.6. The first kappa shape index (κ1) is 15.7. The van der Waals surface area contributed by atoms with Crippen LogP contribution in [0.25, 0.3) is 0 Å². The lowest BCUT2D eigenvalue weighted by atomic mass is 10.1. The zero-order chi connectivity index (χ0) is 14.7. The van der Waals surface area contributed by atoms with Crippen molar-refractivity contribution in [2.45, 2.75) is 37.6 Å². The van der Waals surface area contributed by atoms with Gasteiger partial charge in [0.2, 0.25) is 5.91 Å². The van der Waals surface area contributed by atoms with E-state index in [1.165, 1.54) is 0 Å². The van der Waals surface area contributed by atoms with Crippen molar-refractivity contribution in [2.75, 3.05) is 5.75 Å². The highest BCUT2D eigenvalue weighted by Gasteiger charge is 2.32. The maximum absolute atomic E-state index is 12.4. The molecule has 0 atom stereocenters. The fourth-order valence-electron chi connectivity index (χ4n) is 1.15. The highest BCUT2D eigenvalue weighted by molar-refractivity contribution is 7.99. The number of rotatable bonds is 3. The summed E-state index contributed by atoms with van der Waals surface area (Å²) in [5.74, 6) is -0.308. The number of nitrogens with zero attached hydrogens (tertiary/aromatic N) is 2. The zero-order valence-electron chi connectivity index (χ0n) is 10.7. The van der Waals surface area contributed by atoms with Crippen LogP contribution in [0.5, 0.6) is 0 Å². The van der Waals surface area contributed by atoms with Crippen LogP contribution >= 0.6 is 11.8 Å². The SMILES string of the molecule is CC(C)(C)NC(=O)CSc1nccc(C(F)(F)F)n1. The maximum atomic E-state index is 12.4. The van der Waals surface area contributed by atoms with Crippen LogP contribution in [-0.4, -0.2) is 27.2 Å². The topological polar surface area (TPSA) is 54.9 Å². The number of hydrogen-bond acceptors (Lipinski definition) is 4. The van der Waals surface area contributed by atoms with Crippen molar-refractivity contribution in [1.29, 1.82) is 0 Å². The van der Waals surface area contributed by atoms with Gasteiger partial charge in [0.25, 0.3) is 0 Å². The Hall–Kier alpha value is -1.31. The van der Waals surface area contributed by atoms with Crippen LogP contribution in [-0.2, 0) is 11.0 Å². The fourth-order valence-corrected chi connectivity index (χ4v) is 1.78. The molecule has 106 valence electrons.